The highest BCUT2D eigenvalue weighted by Crippen LogP contribution is 2.36. The second kappa shape index (κ2) is 12.7. The molecule has 1 fully saturated rings. The lowest BCUT2D eigenvalue weighted by molar-refractivity contribution is -0.138. The SMILES string of the molecule is COc1cc(CN(CC2CCCC2)C(CC(=O)O)c2ccc3c(c2)CCO3)ccc1CCCn1c(O)ccc1O. The summed E-state index contributed by atoms with van der Waals surface area (Å²) in [6.45, 7) is 2.66. The molecule has 2 aromatic carbocycles. The average Bonchev–Trinajstić information content (AvgIpc) is 3.70. The minimum absolute atomic E-state index is 0.0423. The third-order valence-electron chi connectivity index (χ3n) is 8.37. The number of ether oxygens (including phenoxy) is 2. The van der Waals surface area contributed by atoms with E-state index in [0.29, 0.717) is 25.6 Å². The van der Waals surface area contributed by atoms with Crippen LogP contribution in [-0.2, 0) is 30.7 Å². The van der Waals surface area contributed by atoms with Crippen LogP contribution in [0.3, 0.4) is 0 Å². The van der Waals surface area contributed by atoms with Crippen LogP contribution in [0.5, 0.6) is 23.3 Å². The minimum atomic E-state index is -0.800. The van der Waals surface area contributed by atoms with Crippen LogP contribution in [0.15, 0.2) is 48.5 Å². The van der Waals surface area contributed by atoms with Gasteiger partial charge >= 0.3 is 5.97 Å². The van der Waals surface area contributed by atoms with Crippen molar-refractivity contribution in [2.45, 2.75) is 70.5 Å². The Hall–Kier alpha value is -3.65. The summed E-state index contributed by atoms with van der Waals surface area (Å²) in [6, 6.07) is 15.1. The Morgan fingerprint density at radius 1 is 1.10 bits per heavy atom. The predicted octanol–water partition coefficient (Wildman–Crippen LogP) is 5.68. The Labute approximate surface area is 235 Å². The fourth-order valence-corrected chi connectivity index (χ4v) is 6.29. The van der Waals surface area contributed by atoms with E-state index in [2.05, 4.69) is 29.2 Å². The lowest BCUT2D eigenvalue weighted by Crippen LogP contribution is -2.34. The maximum absolute atomic E-state index is 12.1. The third-order valence-corrected chi connectivity index (χ3v) is 8.37. The van der Waals surface area contributed by atoms with Crippen LogP contribution in [0.4, 0.5) is 0 Å². The largest absolute Gasteiger partial charge is 0.496 e. The van der Waals surface area contributed by atoms with E-state index in [0.717, 1.165) is 59.6 Å². The van der Waals surface area contributed by atoms with Crippen molar-refractivity contribution in [1.82, 2.24) is 9.47 Å². The number of fused-ring (bicyclic) bond motifs is 1. The summed E-state index contributed by atoms with van der Waals surface area (Å²) in [7, 11) is 1.67. The van der Waals surface area contributed by atoms with Crippen molar-refractivity contribution in [2.75, 3.05) is 20.3 Å². The van der Waals surface area contributed by atoms with Crippen LogP contribution in [0, 0.1) is 5.92 Å². The molecule has 5 rings (SSSR count). The lowest BCUT2D eigenvalue weighted by atomic mass is 9.96. The number of aryl methyl sites for hydroxylation is 1. The standard InChI is InChI=1S/C32H40N2O6/c1-39-29-17-23(8-9-24(29)7-4-15-34-30(35)12-13-31(34)36)21-33(20-22-5-2-3-6-22)27(19-32(37)38)25-10-11-28-26(18-25)14-16-40-28/h8-13,17-18,22,27,35-36H,2-7,14-16,19-21H2,1H3,(H,37,38). The number of aromatic nitrogens is 1. The molecular formula is C32H40N2O6. The zero-order chi connectivity index (χ0) is 28.1. The quantitative estimate of drug-likeness (QED) is 0.252. The molecule has 0 amide bonds. The van der Waals surface area contributed by atoms with E-state index in [1.807, 2.05) is 12.1 Å². The summed E-state index contributed by atoms with van der Waals surface area (Å²) >= 11 is 0. The number of carbonyl (C=O) groups is 1. The van der Waals surface area contributed by atoms with Gasteiger partial charge in [0.15, 0.2) is 11.8 Å². The molecule has 214 valence electrons. The topological polar surface area (TPSA) is 104 Å². The fraction of sp³-hybridized carbons (Fsp3) is 0.469. The van der Waals surface area contributed by atoms with Crippen LogP contribution < -0.4 is 9.47 Å². The van der Waals surface area contributed by atoms with Crippen LogP contribution in [-0.4, -0.2) is 51.0 Å². The van der Waals surface area contributed by atoms with Crippen molar-refractivity contribution in [1.29, 1.82) is 0 Å². The Morgan fingerprint density at radius 2 is 1.88 bits per heavy atom. The number of carboxylic acid groups (broad SMARTS) is 1. The Balaban J connectivity index is 1.36. The van der Waals surface area contributed by atoms with Gasteiger partial charge in [-0.3, -0.25) is 14.3 Å². The molecule has 1 saturated carbocycles. The molecular weight excluding hydrogens is 508 g/mol. The monoisotopic (exact) mass is 548 g/mol. The van der Waals surface area contributed by atoms with E-state index in [1.54, 1.807) is 7.11 Å². The highest BCUT2D eigenvalue weighted by molar-refractivity contribution is 5.68. The van der Waals surface area contributed by atoms with E-state index in [9.17, 15) is 20.1 Å². The van der Waals surface area contributed by atoms with E-state index >= 15 is 0 Å². The molecule has 40 heavy (non-hydrogen) atoms. The molecule has 0 radical (unpaired) electrons. The fourth-order valence-electron chi connectivity index (χ4n) is 6.29. The Morgan fingerprint density at radius 3 is 2.60 bits per heavy atom. The highest BCUT2D eigenvalue weighted by Gasteiger charge is 2.29. The van der Waals surface area contributed by atoms with Crippen molar-refractivity contribution in [3.63, 3.8) is 0 Å². The van der Waals surface area contributed by atoms with Gasteiger partial charge in [-0.1, -0.05) is 37.1 Å². The first-order valence-corrected chi connectivity index (χ1v) is 14.4. The number of carboxylic acids is 1. The minimum Gasteiger partial charge on any atom is -0.496 e. The smallest absolute Gasteiger partial charge is 0.305 e. The van der Waals surface area contributed by atoms with Crippen LogP contribution in [0.25, 0.3) is 0 Å². The summed E-state index contributed by atoms with van der Waals surface area (Å²) in [5.41, 5.74) is 4.32. The van der Waals surface area contributed by atoms with Crippen molar-refractivity contribution in [3.05, 3.63) is 70.8 Å². The molecule has 0 bridgehead atoms. The number of benzene rings is 2. The lowest BCUT2D eigenvalue weighted by Gasteiger charge is -2.34. The summed E-state index contributed by atoms with van der Waals surface area (Å²) in [6.07, 6.45) is 7.19. The second-order valence-electron chi connectivity index (χ2n) is 11.1. The number of rotatable bonds is 13. The number of hydrogen-bond donors (Lipinski definition) is 3. The average molecular weight is 549 g/mol. The Kier molecular flexibility index (Phi) is 8.85. The zero-order valence-electron chi connectivity index (χ0n) is 23.2. The van der Waals surface area contributed by atoms with E-state index in [1.165, 1.54) is 42.4 Å². The maximum Gasteiger partial charge on any atom is 0.305 e. The van der Waals surface area contributed by atoms with Gasteiger partial charge in [0.2, 0.25) is 0 Å². The van der Waals surface area contributed by atoms with Gasteiger partial charge in [0, 0.05) is 44.2 Å². The second-order valence-corrected chi connectivity index (χ2v) is 11.1. The number of nitrogens with zero attached hydrogens (tertiary/aromatic N) is 2. The van der Waals surface area contributed by atoms with Gasteiger partial charge < -0.3 is 24.8 Å². The maximum atomic E-state index is 12.1. The summed E-state index contributed by atoms with van der Waals surface area (Å²) in [4.78, 5) is 14.4. The first-order chi connectivity index (χ1) is 19.4. The molecule has 3 N–H and O–H groups in total. The van der Waals surface area contributed by atoms with Gasteiger partial charge in [-0.25, -0.2) is 0 Å². The molecule has 8 nitrogen and oxygen atoms in total. The third kappa shape index (κ3) is 6.55. The summed E-state index contributed by atoms with van der Waals surface area (Å²) in [5.74, 6) is 1.57. The summed E-state index contributed by atoms with van der Waals surface area (Å²) < 4.78 is 13.0. The molecule has 0 spiro atoms. The Bertz CT molecular complexity index is 1290. The van der Waals surface area contributed by atoms with Gasteiger partial charge in [0.25, 0.3) is 0 Å². The highest BCUT2D eigenvalue weighted by atomic mass is 16.5. The van der Waals surface area contributed by atoms with Crippen molar-refractivity contribution in [3.8, 4) is 23.3 Å². The first kappa shape index (κ1) is 27.9. The molecule has 1 aliphatic carbocycles. The molecule has 1 aliphatic heterocycles. The van der Waals surface area contributed by atoms with Crippen LogP contribution >= 0.6 is 0 Å². The number of aromatic hydroxyl groups is 2. The molecule has 8 heteroatoms. The van der Waals surface area contributed by atoms with Crippen molar-refractivity contribution >= 4 is 5.97 Å². The first-order valence-electron chi connectivity index (χ1n) is 14.4. The number of hydrogen-bond acceptors (Lipinski definition) is 6. The van der Waals surface area contributed by atoms with E-state index in [4.69, 9.17) is 9.47 Å². The molecule has 1 aromatic heterocycles. The zero-order valence-corrected chi connectivity index (χ0v) is 23.2. The van der Waals surface area contributed by atoms with Crippen molar-refractivity contribution < 1.29 is 29.6 Å². The number of aliphatic carboxylic acids is 1. The molecule has 2 aliphatic rings. The summed E-state index contributed by atoms with van der Waals surface area (Å²) in [5, 5.41) is 29.7. The molecule has 1 unspecified atom stereocenters. The van der Waals surface area contributed by atoms with Crippen LogP contribution in [0.1, 0.15) is 66.8 Å². The molecule has 2 heterocycles. The van der Waals surface area contributed by atoms with Gasteiger partial charge in [-0.2, -0.15) is 0 Å². The van der Waals surface area contributed by atoms with Crippen molar-refractivity contribution in [2.24, 2.45) is 5.92 Å². The molecule has 1 atom stereocenters. The van der Waals surface area contributed by atoms with E-state index in [-0.39, 0.29) is 24.2 Å². The molecule has 3 aromatic rings. The van der Waals surface area contributed by atoms with Gasteiger partial charge in [0.05, 0.1) is 20.1 Å². The van der Waals surface area contributed by atoms with Gasteiger partial charge in [-0.15, -0.1) is 0 Å². The normalized spacial score (nSPS) is 15.8. The number of methoxy groups -OCH3 is 1. The van der Waals surface area contributed by atoms with Crippen LogP contribution in [0.2, 0.25) is 0 Å². The van der Waals surface area contributed by atoms with E-state index < -0.39 is 5.97 Å². The molecule has 0 saturated heterocycles. The van der Waals surface area contributed by atoms with Gasteiger partial charge in [0.1, 0.15) is 11.5 Å². The predicted molar refractivity (Wildman–Crippen MR) is 152 cm³/mol. The van der Waals surface area contributed by atoms with Gasteiger partial charge in [-0.05, 0) is 66.0 Å².